The largest absolute Gasteiger partial charge is 0.396 e. The van der Waals surface area contributed by atoms with E-state index < -0.39 is 0 Å². The van der Waals surface area contributed by atoms with Gasteiger partial charge in [0.15, 0.2) is 0 Å². The summed E-state index contributed by atoms with van der Waals surface area (Å²) in [7, 11) is 0. The minimum absolute atomic E-state index is 0.0170. The molecule has 0 aliphatic rings. The number of nitrogens with one attached hydrogen (secondary N) is 1. The van der Waals surface area contributed by atoms with E-state index in [0.29, 0.717) is 19.4 Å². The molecule has 1 rings (SSSR count). The molecule has 4 heteroatoms. The zero-order valence-corrected chi connectivity index (χ0v) is 12.5. The summed E-state index contributed by atoms with van der Waals surface area (Å²) in [6.45, 7) is 4.80. The van der Waals surface area contributed by atoms with Gasteiger partial charge in [-0.05, 0) is 29.5 Å². The van der Waals surface area contributed by atoms with Crippen molar-refractivity contribution in [3.05, 3.63) is 34.3 Å². The molecule has 3 nitrogen and oxygen atoms in total. The molecule has 0 saturated carbocycles. The third-order valence-corrected chi connectivity index (χ3v) is 3.36. The number of hydrogen-bond acceptors (Lipinski definition) is 2. The molecule has 0 aliphatic carbocycles. The average molecular weight is 314 g/mol. The first-order chi connectivity index (χ1) is 8.43. The van der Waals surface area contributed by atoms with Gasteiger partial charge in [0, 0.05) is 17.6 Å². The van der Waals surface area contributed by atoms with Crippen molar-refractivity contribution in [1.29, 1.82) is 0 Å². The van der Waals surface area contributed by atoms with E-state index in [0.717, 1.165) is 10.0 Å². The lowest BCUT2D eigenvalue weighted by Gasteiger charge is -2.23. The van der Waals surface area contributed by atoms with Gasteiger partial charge in [0.25, 0.3) is 0 Å². The van der Waals surface area contributed by atoms with Crippen molar-refractivity contribution in [2.24, 2.45) is 5.41 Å². The Bertz CT molecular complexity index is 387. The number of rotatable bonds is 6. The van der Waals surface area contributed by atoms with E-state index in [1.54, 1.807) is 0 Å². The van der Waals surface area contributed by atoms with E-state index >= 15 is 0 Å². The first-order valence-corrected chi connectivity index (χ1v) is 6.84. The monoisotopic (exact) mass is 313 g/mol. The van der Waals surface area contributed by atoms with Gasteiger partial charge >= 0.3 is 0 Å². The van der Waals surface area contributed by atoms with Crippen LogP contribution in [-0.4, -0.2) is 24.2 Å². The van der Waals surface area contributed by atoms with Gasteiger partial charge in [-0.2, -0.15) is 0 Å². The van der Waals surface area contributed by atoms with Crippen LogP contribution in [0.3, 0.4) is 0 Å². The highest BCUT2D eigenvalue weighted by molar-refractivity contribution is 9.10. The van der Waals surface area contributed by atoms with Crippen LogP contribution >= 0.6 is 15.9 Å². The molecule has 2 N–H and O–H groups in total. The topological polar surface area (TPSA) is 49.3 Å². The molecule has 0 radical (unpaired) electrons. The first kappa shape index (κ1) is 15.2. The lowest BCUT2D eigenvalue weighted by atomic mass is 9.89. The van der Waals surface area contributed by atoms with Gasteiger partial charge in [0.1, 0.15) is 0 Å². The molecule has 0 unspecified atom stereocenters. The Hall–Kier alpha value is -0.870. The molecular weight excluding hydrogens is 294 g/mol. The lowest BCUT2D eigenvalue weighted by molar-refractivity contribution is -0.120. The van der Waals surface area contributed by atoms with Gasteiger partial charge in [-0.15, -0.1) is 0 Å². The van der Waals surface area contributed by atoms with Crippen molar-refractivity contribution in [3.63, 3.8) is 0 Å². The molecule has 0 saturated heterocycles. The summed E-state index contributed by atoms with van der Waals surface area (Å²) in [6.07, 6.45) is 1.08. The van der Waals surface area contributed by atoms with Gasteiger partial charge < -0.3 is 10.4 Å². The van der Waals surface area contributed by atoms with Gasteiger partial charge in [-0.25, -0.2) is 0 Å². The summed E-state index contributed by atoms with van der Waals surface area (Å²) in [4.78, 5) is 11.8. The van der Waals surface area contributed by atoms with Crippen LogP contribution in [0.25, 0.3) is 0 Å². The summed E-state index contributed by atoms with van der Waals surface area (Å²) in [5, 5.41) is 11.8. The normalized spacial score (nSPS) is 11.3. The fourth-order valence-corrected chi connectivity index (χ4v) is 1.84. The highest BCUT2D eigenvalue weighted by Gasteiger charge is 2.17. The number of aliphatic hydroxyl groups excluding tert-OH is 1. The van der Waals surface area contributed by atoms with Gasteiger partial charge in [0.05, 0.1) is 6.42 Å². The smallest absolute Gasteiger partial charge is 0.224 e. The Morgan fingerprint density at radius 3 is 2.50 bits per heavy atom. The van der Waals surface area contributed by atoms with Crippen LogP contribution in [0, 0.1) is 5.41 Å². The van der Waals surface area contributed by atoms with Crippen molar-refractivity contribution in [2.45, 2.75) is 26.7 Å². The lowest BCUT2D eigenvalue weighted by Crippen LogP contribution is -2.35. The molecule has 0 atom stereocenters. The third kappa shape index (κ3) is 5.65. The molecular formula is C14H20BrNO2. The summed E-state index contributed by atoms with van der Waals surface area (Å²) in [5.74, 6) is 0.0170. The molecule has 0 aromatic heterocycles. The number of hydrogen-bond donors (Lipinski definition) is 2. The van der Waals surface area contributed by atoms with E-state index in [9.17, 15) is 4.79 Å². The first-order valence-electron chi connectivity index (χ1n) is 6.05. The Morgan fingerprint density at radius 2 is 1.94 bits per heavy atom. The van der Waals surface area contributed by atoms with Gasteiger partial charge in [-0.1, -0.05) is 41.9 Å². The second-order valence-electron chi connectivity index (χ2n) is 5.22. The highest BCUT2D eigenvalue weighted by atomic mass is 79.9. The summed E-state index contributed by atoms with van der Waals surface area (Å²) in [6, 6.07) is 7.72. The fourth-order valence-electron chi connectivity index (χ4n) is 1.58. The molecule has 100 valence electrons. The molecule has 0 fully saturated rings. The minimum atomic E-state index is -0.0654. The van der Waals surface area contributed by atoms with Crippen LogP contribution < -0.4 is 5.32 Å². The van der Waals surface area contributed by atoms with Gasteiger partial charge in [0.2, 0.25) is 5.91 Å². The van der Waals surface area contributed by atoms with Crippen molar-refractivity contribution in [2.75, 3.05) is 13.2 Å². The summed E-state index contributed by atoms with van der Waals surface area (Å²) in [5.41, 5.74) is 0.931. The fraction of sp³-hybridized carbons (Fsp3) is 0.500. The van der Waals surface area contributed by atoms with Crippen LogP contribution in [0.1, 0.15) is 25.8 Å². The predicted molar refractivity (Wildman–Crippen MR) is 76.3 cm³/mol. The van der Waals surface area contributed by atoms with Crippen LogP contribution in [0.2, 0.25) is 0 Å². The van der Waals surface area contributed by atoms with E-state index in [1.807, 2.05) is 38.1 Å². The zero-order chi connectivity index (χ0) is 13.6. The van der Waals surface area contributed by atoms with Crippen LogP contribution in [0.4, 0.5) is 0 Å². The van der Waals surface area contributed by atoms with E-state index in [4.69, 9.17) is 5.11 Å². The average Bonchev–Trinajstić information content (AvgIpc) is 2.30. The Kier molecular flexibility index (Phi) is 5.82. The standard InChI is InChI=1S/C14H20BrNO2/c1-14(2,7-8-17)10-16-13(18)9-11-3-5-12(15)6-4-11/h3-6,17H,7-10H2,1-2H3,(H,16,18). The number of carbonyl (C=O) groups is 1. The zero-order valence-electron chi connectivity index (χ0n) is 10.9. The number of aliphatic hydroxyl groups is 1. The van der Waals surface area contributed by atoms with E-state index in [1.165, 1.54) is 0 Å². The SMILES string of the molecule is CC(C)(CCO)CNC(=O)Cc1ccc(Br)cc1. The maximum atomic E-state index is 11.8. The second kappa shape index (κ2) is 6.90. The summed E-state index contributed by atoms with van der Waals surface area (Å²) < 4.78 is 1.01. The van der Waals surface area contributed by atoms with Crippen molar-refractivity contribution in [3.8, 4) is 0 Å². The number of carbonyl (C=O) groups excluding carboxylic acids is 1. The highest BCUT2D eigenvalue weighted by Crippen LogP contribution is 2.18. The van der Waals surface area contributed by atoms with Crippen molar-refractivity contribution < 1.29 is 9.90 Å². The molecule has 1 aromatic carbocycles. The maximum absolute atomic E-state index is 11.8. The molecule has 0 aliphatic heterocycles. The second-order valence-corrected chi connectivity index (χ2v) is 6.13. The quantitative estimate of drug-likeness (QED) is 0.848. The predicted octanol–water partition coefficient (Wildman–Crippen LogP) is 2.52. The van der Waals surface area contributed by atoms with Crippen LogP contribution in [0.15, 0.2) is 28.7 Å². The van der Waals surface area contributed by atoms with Crippen molar-refractivity contribution >= 4 is 21.8 Å². The molecule has 1 amide bonds. The molecule has 0 bridgehead atoms. The molecule has 1 aromatic rings. The molecule has 0 spiro atoms. The molecule has 18 heavy (non-hydrogen) atoms. The van der Waals surface area contributed by atoms with Crippen LogP contribution in [0.5, 0.6) is 0 Å². The van der Waals surface area contributed by atoms with Gasteiger partial charge in [-0.3, -0.25) is 4.79 Å². The number of benzene rings is 1. The summed E-state index contributed by atoms with van der Waals surface area (Å²) >= 11 is 3.36. The minimum Gasteiger partial charge on any atom is -0.396 e. The third-order valence-electron chi connectivity index (χ3n) is 2.83. The number of amides is 1. The Balaban J connectivity index is 2.40. The van der Waals surface area contributed by atoms with Crippen molar-refractivity contribution in [1.82, 2.24) is 5.32 Å². The Labute approximate surface area is 117 Å². The van der Waals surface area contributed by atoms with E-state index in [2.05, 4.69) is 21.2 Å². The number of halogens is 1. The maximum Gasteiger partial charge on any atom is 0.224 e. The van der Waals surface area contributed by atoms with E-state index in [-0.39, 0.29) is 17.9 Å². The Morgan fingerprint density at radius 1 is 1.33 bits per heavy atom. The van der Waals surface area contributed by atoms with Crippen LogP contribution in [-0.2, 0) is 11.2 Å². The molecule has 0 heterocycles.